The van der Waals surface area contributed by atoms with E-state index < -0.39 is 0 Å². The van der Waals surface area contributed by atoms with Gasteiger partial charge in [0.15, 0.2) is 0 Å². The Morgan fingerprint density at radius 1 is 1.12 bits per heavy atom. The molecule has 0 aromatic heterocycles. The van der Waals surface area contributed by atoms with Crippen molar-refractivity contribution < 1.29 is 0 Å². The third kappa shape index (κ3) is 9.27. The Morgan fingerprint density at radius 3 is 1.75 bits per heavy atom. The minimum atomic E-state index is 0. The minimum Gasteiger partial charge on any atom is -0.154 e. The van der Waals surface area contributed by atoms with Crippen LogP contribution in [0.25, 0.3) is 0 Å². The highest BCUT2D eigenvalue weighted by atomic mass is 32.2. The number of rotatable bonds is 4. The van der Waals surface area contributed by atoms with Gasteiger partial charge in [-0.05, 0) is 0 Å². The number of hydrogen-bond donors (Lipinski definition) is 0. The predicted octanol–water partition coefficient (Wildman–Crippen LogP) is 2.73. The van der Waals surface area contributed by atoms with E-state index in [1.807, 2.05) is 23.9 Å². The normalized spacial score (nSPS) is 7.00. The summed E-state index contributed by atoms with van der Waals surface area (Å²) in [4.78, 5) is 0. The van der Waals surface area contributed by atoms with Crippen LogP contribution in [0.3, 0.4) is 0 Å². The maximum absolute atomic E-state index is 3.58. The van der Waals surface area contributed by atoms with Crippen LogP contribution in [0.15, 0.2) is 25.3 Å². The van der Waals surface area contributed by atoms with Crippen molar-refractivity contribution in [1.82, 2.24) is 0 Å². The fourth-order valence-electron chi connectivity index (χ4n) is 0.235. The van der Waals surface area contributed by atoms with Crippen molar-refractivity contribution >= 4 is 11.8 Å². The van der Waals surface area contributed by atoms with Gasteiger partial charge in [0.05, 0.1) is 0 Å². The summed E-state index contributed by atoms with van der Waals surface area (Å²) in [7, 11) is 0. The third-order valence-corrected chi connectivity index (χ3v) is 1.41. The van der Waals surface area contributed by atoms with Gasteiger partial charge in [0.2, 0.25) is 0 Å². The molecule has 48 valence electrons. The van der Waals surface area contributed by atoms with E-state index in [0.29, 0.717) is 0 Å². The largest absolute Gasteiger partial charge is 0.154 e. The molecular weight excluding hydrogens is 116 g/mol. The Hall–Kier alpha value is -0.170. The van der Waals surface area contributed by atoms with Gasteiger partial charge < -0.3 is 0 Å². The van der Waals surface area contributed by atoms with Crippen LogP contribution < -0.4 is 0 Å². The second kappa shape index (κ2) is 9.95. The average molecular weight is 130 g/mol. The molecule has 1 heteroatoms. The molecule has 0 aliphatic heterocycles. The molecule has 0 aliphatic rings. The van der Waals surface area contributed by atoms with Crippen molar-refractivity contribution in [2.75, 3.05) is 11.5 Å². The maximum atomic E-state index is 3.58. The van der Waals surface area contributed by atoms with E-state index in [1.165, 1.54) is 0 Å². The molecule has 0 fully saturated rings. The van der Waals surface area contributed by atoms with Gasteiger partial charge in [0, 0.05) is 11.5 Å². The zero-order chi connectivity index (χ0) is 5.54. The van der Waals surface area contributed by atoms with Crippen LogP contribution in [0, 0.1) is 0 Å². The quantitative estimate of drug-likeness (QED) is 0.416. The SMILES string of the molecule is C.C=CCSCC=C. The van der Waals surface area contributed by atoms with Crippen LogP contribution in [-0.2, 0) is 0 Å². The first-order chi connectivity index (χ1) is 3.41. The molecule has 0 saturated carbocycles. The Bertz CT molecular complexity index is 49.4. The molecule has 0 bridgehead atoms. The van der Waals surface area contributed by atoms with Crippen molar-refractivity contribution in [3.05, 3.63) is 25.3 Å². The van der Waals surface area contributed by atoms with Gasteiger partial charge in [-0.15, -0.1) is 13.2 Å². The molecular formula is C7H14S. The summed E-state index contributed by atoms with van der Waals surface area (Å²) in [6.07, 6.45) is 3.79. The van der Waals surface area contributed by atoms with E-state index in [0.717, 1.165) is 11.5 Å². The molecule has 0 radical (unpaired) electrons. The Kier molecular flexibility index (Phi) is 13.4. The molecule has 0 unspecified atom stereocenters. The van der Waals surface area contributed by atoms with Gasteiger partial charge in [-0.3, -0.25) is 0 Å². The monoisotopic (exact) mass is 130 g/mol. The zero-order valence-corrected chi connectivity index (χ0v) is 5.21. The van der Waals surface area contributed by atoms with Crippen LogP contribution >= 0.6 is 11.8 Å². The fourth-order valence-corrected chi connectivity index (χ4v) is 0.704. The molecule has 8 heavy (non-hydrogen) atoms. The first-order valence-electron chi connectivity index (χ1n) is 2.21. The standard InChI is InChI=1S/C6H10S.CH4/c1-3-5-7-6-4-2;/h3-4H,1-2,5-6H2;1H4. The lowest BCUT2D eigenvalue weighted by atomic mass is 10.8. The molecule has 0 saturated heterocycles. The topological polar surface area (TPSA) is 0 Å². The summed E-state index contributed by atoms with van der Waals surface area (Å²) in [5.41, 5.74) is 0. The molecule has 0 N–H and O–H groups in total. The molecule has 0 heterocycles. The molecule has 0 rings (SSSR count). The fraction of sp³-hybridized carbons (Fsp3) is 0.429. The highest BCUT2D eigenvalue weighted by molar-refractivity contribution is 7.99. The van der Waals surface area contributed by atoms with Gasteiger partial charge in [-0.25, -0.2) is 0 Å². The second-order valence-electron chi connectivity index (χ2n) is 1.11. The van der Waals surface area contributed by atoms with Crippen LogP contribution in [-0.4, -0.2) is 11.5 Å². The van der Waals surface area contributed by atoms with Crippen LogP contribution in [0.2, 0.25) is 0 Å². The lowest BCUT2D eigenvalue weighted by Crippen LogP contribution is -1.69. The smallest absolute Gasteiger partial charge is 0.0113 e. The van der Waals surface area contributed by atoms with Crippen molar-refractivity contribution in [1.29, 1.82) is 0 Å². The van der Waals surface area contributed by atoms with Crippen molar-refractivity contribution in [2.24, 2.45) is 0 Å². The highest BCUT2D eigenvalue weighted by Gasteiger charge is 1.73. The maximum Gasteiger partial charge on any atom is 0.0113 e. The van der Waals surface area contributed by atoms with Crippen molar-refractivity contribution in [3.8, 4) is 0 Å². The number of thioether (sulfide) groups is 1. The van der Waals surface area contributed by atoms with E-state index in [2.05, 4.69) is 13.2 Å². The van der Waals surface area contributed by atoms with E-state index in [4.69, 9.17) is 0 Å². The lowest BCUT2D eigenvalue weighted by molar-refractivity contribution is 1.74. The summed E-state index contributed by atoms with van der Waals surface area (Å²) in [5.74, 6) is 2.07. The summed E-state index contributed by atoms with van der Waals surface area (Å²) >= 11 is 1.82. The Labute approximate surface area is 56.7 Å². The molecule has 0 aliphatic carbocycles. The summed E-state index contributed by atoms with van der Waals surface area (Å²) < 4.78 is 0. The van der Waals surface area contributed by atoms with Gasteiger partial charge in [0.1, 0.15) is 0 Å². The van der Waals surface area contributed by atoms with E-state index in [-0.39, 0.29) is 7.43 Å². The molecule has 0 nitrogen and oxygen atoms in total. The number of hydrogen-bond acceptors (Lipinski definition) is 1. The summed E-state index contributed by atoms with van der Waals surface area (Å²) in [5, 5.41) is 0. The van der Waals surface area contributed by atoms with Crippen LogP contribution in [0.5, 0.6) is 0 Å². The molecule has 0 atom stereocenters. The third-order valence-electron chi connectivity index (χ3n) is 0.471. The second-order valence-corrected chi connectivity index (χ2v) is 2.19. The van der Waals surface area contributed by atoms with E-state index >= 15 is 0 Å². The molecule has 0 amide bonds. The minimum absolute atomic E-state index is 0. The van der Waals surface area contributed by atoms with Gasteiger partial charge >= 0.3 is 0 Å². The zero-order valence-electron chi connectivity index (χ0n) is 4.39. The summed E-state index contributed by atoms with van der Waals surface area (Å²) in [6.45, 7) is 7.15. The van der Waals surface area contributed by atoms with E-state index in [9.17, 15) is 0 Å². The average Bonchev–Trinajstić information content (AvgIpc) is 1.69. The molecule has 0 aromatic rings. The first kappa shape index (κ1) is 10.7. The highest BCUT2D eigenvalue weighted by Crippen LogP contribution is 1.97. The first-order valence-corrected chi connectivity index (χ1v) is 3.37. The summed E-state index contributed by atoms with van der Waals surface area (Å²) in [6, 6.07) is 0. The van der Waals surface area contributed by atoms with Gasteiger partial charge in [0.25, 0.3) is 0 Å². The van der Waals surface area contributed by atoms with Crippen LogP contribution in [0.1, 0.15) is 7.43 Å². The molecule has 0 aromatic carbocycles. The lowest BCUT2D eigenvalue weighted by Gasteiger charge is -1.85. The van der Waals surface area contributed by atoms with Gasteiger partial charge in [-0.1, -0.05) is 19.6 Å². The Balaban J connectivity index is 0. The van der Waals surface area contributed by atoms with E-state index in [1.54, 1.807) is 0 Å². The van der Waals surface area contributed by atoms with Crippen molar-refractivity contribution in [3.63, 3.8) is 0 Å². The van der Waals surface area contributed by atoms with Gasteiger partial charge in [-0.2, -0.15) is 11.8 Å². The van der Waals surface area contributed by atoms with Crippen LogP contribution in [0.4, 0.5) is 0 Å². The van der Waals surface area contributed by atoms with Crippen molar-refractivity contribution in [2.45, 2.75) is 7.43 Å². The molecule has 0 spiro atoms. The predicted molar refractivity (Wildman–Crippen MR) is 44.5 cm³/mol. The Morgan fingerprint density at radius 2 is 1.50 bits per heavy atom.